The van der Waals surface area contributed by atoms with Crippen LogP contribution >= 0.6 is 0 Å². The Hall–Kier alpha value is -3.53. The van der Waals surface area contributed by atoms with E-state index in [0.717, 1.165) is 6.42 Å². The van der Waals surface area contributed by atoms with Crippen LogP contribution < -0.4 is 20.3 Å². The minimum Gasteiger partial charge on any atom is -0.483 e. The number of anilines is 1. The van der Waals surface area contributed by atoms with Gasteiger partial charge < -0.3 is 69.1 Å². The smallest absolute Gasteiger partial charge is 0.324 e. The number of likely N-dealkylation sites (N-methyl/N-ethyl adjacent to an activating group) is 1. The molecule has 0 bridgehead atoms. The second-order valence-corrected chi connectivity index (χ2v) is 21.6. The SMILES string of the molecule is CCCNC[C@]1(O)[C@H](C)O[C@@H](O[C@H]2[C@H](C)[C@@H](O[C@@H]3O[C@H](C)C[C@H](N(C)C(=O)N(C)c4ccccc4)[C@H]3Oc3ccc(F)cc3)[C@](C)(O)C[C@@H](C)CN[C@H](C)[C@@H](O)[C@](C)(O)[C@@H](CC)OC(=O)[C@@H]2C)C[C@@]1(C)OC. The molecule has 18 atom stereocenters. The van der Waals surface area contributed by atoms with E-state index in [1.807, 2.05) is 51.1 Å². The van der Waals surface area contributed by atoms with Crippen molar-refractivity contribution in [2.75, 3.05) is 45.7 Å². The maximum Gasteiger partial charge on any atom is 0.324 e. The Morgan fingerprint density at radius 3 is 2.18 bits per heavy atom. The molecule has 0 aromatic heterocycles. The van der Waals surface area contributed by atoms with Crippen molar-refractivity contribution in [2.24, 2.45) is 17.8 Å². The number of carbonyl (C=O) groups excluding carboxylic acids is 2. The Labute approximate surface area is 427 Å². The Bertz CT molecular complexity index is 2020. The average molecular weight is 1020 g/mol. The van der Waals surface area contributed by atoms with Crippen LogP contribution in [0.4, 0.5) is 14.9 Å². The number of aliphatic hydroxyl groups is 4. The van der Waals surface area contributed by atoms with Gasteiger partial charge in [0.2, 0.25) is 0 Å². The van der Waals surface area contributed by atoms with Crippen molar-refractivity contribution in [1.29, 1.82) is 0 Å². The molecule has 0 spiro atoms. The van der Waals surface area contributed by atoms with E-state index in [-0.39, 0.29) is 43.5 Å². The fourth-order valence-corrected chi connectivity index (χ4v) is 11.0. The first kappa shape index (κ1) is 59.3. The number of esters is 1. The Balaban J connectivity index is 1.64. The van der Waals surface area contributed by atoms with E-state index >= 15 is 0 Å². The number of amides is 2. The van der Waals surface area contributed by atoms with Crippen LogP contribution in [0.15, 0.2) is 54.6 Å². The highest BCUT2D eigenvalue weighted by Gasteiger charge is 2.58. The first-order chi connectivity index (χ1) is 33.7. The molecule has 2 aromatic carbocycles. The highest BCUT2D eigenvalue weighted by Crippen LogP contribution is 2.43. The van der Waals surface area contributed by atoms with Crippen LogP contribution in [0.3, 0.4) is 0 Å². The minimum absolute atomic E-state index is 0.0282. The second kappa shape index (κ2) is 24.9. The van der Waals surface area contributed by atoms with E-state index in [1.54, 1.807) is 67.5 Å². The third-order valence-electron chi connectivity index (χ3n) is 15.6. The molecule has 0 saturated carbocycles. The van der Waals surface area contributed by atoms with Crippen molar-refractivity contribution in [3.63, 3.8) is 0 Å². The van der Waals surface area contributed by atoms with Crippen LogP contribution in [0, 0.1) is 23.6 Å². The highest BCUT2D eigenvalue weighted by atomic mass is 19.1. The number of aliphatic hydroxyl groups excluding tert-OH is 1. The lowest BCUT2D eigenvalue weighted by molar-refractivity contribution is -0.335. The molecule has 3 heterocycles. The molecule has 3 aliphatic heterocycles. The molecule has 2 amide bonds. The molecule has 2 aromatic rings. The number of para-hydroxylation sites is 1. The molecule has 5 rings (SSSR count). The first-order valence-corrected chi connectivity index (χ1v) is 25.9. The van der Waals surface area contributed by atoms with Crippen molar-refractivity contribution in [1.82, 2.24) is 15.5 Å². The standard InChI is InChI=1S/C54H87FN4O13/c1-15-26-56-31-54(65)37(8)68-43(29-52(54,10)66-14)71-44-34(5)47(51(9,63)28-32(3)30-57-36(7)46(60)53(11,64)42(16-2)70-48(61)35(44)6)72-49-45(69-40-24-22-38(55)23-25-40)41(27-33(4)67-49)59(13)50(62)58(12)39-20-18-17-19-21-39/h17-25,32-37,41-47,49,56-57,60,63-65H,15-16,26-31H2,1-14H3/t32-,33-,34+,35-,36-,37+,41+,42-,43+,44+,45-,46-,47-,49+,51-,52-,53-,54+/m1/s1. The molecule has 17 nitrogen and oxygen atoms in total. The number of nitrogens with one attached hydrogen (secondary N) is 2. The number of cyclic esters (lactones) is 1. The molecule has 3 saturated heterocycles. The Morgan fingerprint density at radius 2 is 1.57 bits per heavy atom. The van der Waals surface area contributed by atoms with Crippen molar-refractivity contribution in [3.05, 3.63) is 60.4 Å². The van der Waals surface area contributed by atoms with Crippen LogP contribution in [0.1, 0.15) is 108 Å². The second-order valence-electron chi connectivity index (χ2n) is 21.6. The summed E-state index contributed by atoms with van der Waals surface area (Å²) in [6.45, 7) is 20.5. The number of nitrogens with zero attached hydrogens (tertiary/aromatic N) is 2. The molecule has 6 N–H and O–H groups in total. The maximum atomic E-state index is 14.7. The number of urea groups is 1. The third kappa shape index (κ3) is 13.5. The summed E-state index contributed by atoms with van der Waals surface area (Å²) in [6, 6.07) is 13.0. The van der Waals surface area contributed by atoms with Crippen molar-refractivity contribution in [3.8, 4) is 5.75 Å². The molecule has 3 fully saturated rings. The van der Waals surface area contributed by atoms with Crippen LogP contribution in [0.2, 0.25) is 0 Å². The van der Waals surface area contributed by atoms with Gasteiger partial charge in [-0.3, -0.25) is 9.69 Å². The lowest BCUT2D eigenvalue weighted by Gasteiger charge is -2.53. The summed E-state index contributed by atoms with van der Waals surface area (Å²) in [5.74, 6) is -3.27. The zero-order valence-corrected chi connectivity index (χ0v) is 45.2. The van der Waals surface area contributed by atoms with Gasteiger partial charge in [-0.2, -0.15) is 0 Å². The van der Waals surface area contributed by atoms with Gasteiger partial charge in [0.25, 0.3) is 0 Å². The van der Waals surface area contributed by atoms with Gasteiger partial charge in [0.05, 0.1) is 42.0 Å². The van der Waals surface area contributed by atoms with E-state index in [2.05, 4.69) is 10.6 Å². The van der Waals surface area contributed by atoms with Crippen LogP contribution in [-0.2, 0) is 33.2 Å². The van der Waals surface area contributed by atoms with E-state index in [0.29, 0.717) is 25.2 Å². The van der Waals surface area contributed by atoms with E-state index in [9.17, 15) is 34.4 Å². The summed E-state index contributed by atoms with van der Waals surface area (Å²) in [6.07, 6.45) is -8.23. The zero-order valence-electron chi connectivity index (χ0n) is 45.2. The molecule has 0 radical (unpaired) electrons. The molecule has 3 aliphatic rings. The van der Waals surface area contributed by atoms with Gasteiger partial charge in [0.1, 0.15) is 40.6 Å². The lowest BCUT2D eigenvalue weighted by Crippen LogP contribution is -2.70. The first-order valence-electron chi connectivity index (χ1n) is 25.9. The number of rotatable bonds is 14. The van der Waals surface area contributed by atoms with Gasteiger partial charge in [-0.1, -0.05) is 45.9 Å². The molecular formula is C54H87FN4O13. The van der Waals surface area contributed by atoms with Crippen molar-refractivity contribution in [2.45, 2.75) is 198 Å². The lowest BCUT2D eigenvalue weighted by atomic mass is 9.75. The monoisotopic (exact) mass is 1020 g/mol. The predicted molar refractivity (Wildman–Crippen MR) is 271 cm³/mol. The summed E-state index contributed by atoms with van der Waals surface area (Å²) < 4.78 is 60.7. The van der Waals surface area contributed by atoms with Crippen molar-refractivity contribution < 1.29 is 67.6 Å². The van der Waals surface area contributed by atoms with Gasteiger partial charge in [0.15, 0.2) is 18.7 Å². The number of hydrogen-bond acceptors (Lipinski definition) is 15. The van der Waals surface area contributed by atoms with E-state index in [1.165, 1.54) is 43.2 Å². The number of halogens is 1. The van der Waals surface area contributed by atoms with Gasteiger partial charge in [-0.15, -0.1) is 0 Å². The fourth-order valence-electron chi connectivity index (χ4n) is 11.0. The predicted octanol–water partition coefficient (Wildman–Crippen LogP) is 5.78. The number of benzene rings is 2. The van der Waals surface area contributed by atoms with E-state index < -0.39 is 113 Å². The molecule has 408 valence electrons. The Kier molecular flexibility index (Phi) is 20.5. The maximum absolute atomic E-state index is 14.7. The molecule has 0 aliphatic carbocycles. The molecule has 72 heavy (non-hydrogen) atoms. The quantitative estimate of drug-likeness (QED) is 0.0979. The number of methoxy groups -OCH3 is 1. The van der Waals surface area contributed by atoms with E-state index in [4.69, 9.17) is 33.2 Å². The van der Waals surface area contributed by atoms with Gasteiger partial charge >= 0.3 is 12.0 Å². The summed E-state index contributed by atoms with van der Waals surface area (Å²) in [4.78, 5) is 32.2. The molecule has 18 heteroatoms. The molecular weight excluding hydrogens is 932 g/mol. The number of hydrogen-bond donors (Lipinski definition) is 6. The van der Waals surface area contributed by atoms with Gasteiger partial charge in [0, 0.05) is 51.8 Å². The summed E-state index contributed by atoms with van der Waals surface area (Å²) in [5, 5.41) is 55.4. The fraction of sp³-hybridized carbons (Fsp3) is 0.741. The minimum atomic E-state index is -1.88. The Morgan fingerprint density at radius 1 is 0.917 bits per heavy atom. The largest absolute Gasteiger partial charge is 0.483 e. The average Bonchev–Trinajstić information content (AvgIpc) is 3.34. The van der Waals surface area contributed by atoms with Crippen LogP contribution in [0.25, 0.3) is 0 Å². The topological polar surface area (TPSA) is 210 Å². The molecule has 0 unspecified atom stereocenters. The highest BCUT2D eigenvalue weighted by molar-refractivity contribution is 5.91. The van der Waals surface area contributed by atoms with Gasteiger partial charge in [-0.05, 0) is 130 Å². The number of ether oxygens (including phenoxy) is 7. The number of carbonyl (C=O) groups is 2. The van der Waals surface area contributed by atoms with Crippen molar-refractivity contribution >= 4 is 17.7 Å². The summed E-state index contributed by atoms with van der Waals surface area (Å²) in [5.41, 5.74) is -5.66. The van der Waals surface area contributed by atoms with Crippen LogP contribution in [-0.4, -0.2) is 168 Å². The summed E-state index contributed by atoms with van der Waals surface area (Å²) in [7, 11) is 4.87. The van der Waals surface area contributed by atoms with Gasteiger partial charge in [-0.25, -0.2) is 9.18 Å². The third-order valence-corrected chi connectivity index (χ3v) is 15.6. The zero-order chi connectivity index (χ0) is 53.5. The summed E-state index contributed by atoms with van der Waals surface area (Å²) >= 11 is 0. The normalized spacial score (nSPS) is 39.5. The van der Waals surface area contributed by atoms with Crippen LogP contribution in [0.5, 0.6) is 5.75 Å².